The molecule has 2 aliphatic rings. The van der Waals surface area contributed by atoms with Crippen LogP contribution in [-0.2, 0) is 26.1 Å². The molecule has 1 amide bonds. The molecular weight excluding hydrogens is 441 g/mol. The quantitative estimate of drug-likeness (QED) is 0.599. The standard InChI is InChI=1S/C20H24FN5O5S/c21-16-2-4-17(5-3-16)32(28,29)26-11-6-20(7-12-26)14-18(24-31-20)30-19(27)23-8-1-10-25-13-9-22-15-25/h2-5,9,13-15,24H,1,6-8,10-12H2,(H,23,27). The molecule has 32 heavy (non-hydrogen) atoms. The summed E-state index contributed by atoms with van der Waals surface area (Å²) in [6.45, 7) is 1.59. The van der Waals surface area contributed by atoms with Gasteiger partial charge in [0.1, 0.15) is 11.4 Å². The zero-order valence-corrected chi connectivity index (χ0v) is 18.1. The van der Waals surface area contributed by atoms with Crippen LogP contribution >= 0.6 is 0 Å². The number of benzene rings is 1. The minimum atomic E-state index is -3.72. The first kappa shape index (κ1) is 22.2. The van der Waals surface area contributed by atoms with Crippen molar-refractivity contribution in [2.24, 2.45) is 0 Å². The lowest BCUT2D eigenvalue weighted by Gasteiger charge is -2.35. The van der Waals surface area contributed by atoms with E-state index in [-0.39, 0.29) is 23.9 Å². The maximum absolute atomic E-state index is 13.1. The van der Waals surface area contributed by atoms with Crippen LogP contribution in [0.3, 0.4) is 0 Å². The number of halogens is 1. The third-order valence-corrected chi connectivity index (χ3v) is 7.31. The van der Waals surface area contributed by atoms with Crippen molar-refractivity contribution in [1.29, 1.82) is 0 Å². The van der Waals surface area contributed by atoms with Gasteiger partial charge in [-0.05, 0) is 43.5 Å². The van der Waals surface area contributed by atoms with E-state index in [4.69, 9.17) is 9.57 Å². The number of sulfonamides is 1. The SMILES string of the molecule is O=C(NCCCn1ccnc1)OC1=CC2(CCN(S(=O)(=O)c3ccc(F)cc3)CC2)ON1. The van der Waals surface area contributed by atoms with Crippen molar-refractivity contribution in [1.82, 2.24) is 24.7 Å². The number of amides is 1. The van der Waals surface area contributed by atoms with Gasteiger partial charge in [0, 0.05) is 44.6 Å². The maximum Gasteiger partial charge on any atom is 0.413 e. The molecule has 172 valence electrons. The molecule has 4 rings (SSSR count). The van der Waals surface area contributed by atoms with Crippen LogP contribution in [0.2, 0.25) is 0 Å². The lowest BCUT2D eigenvalue weighted by atomic mass is 9.93. The summed E-state index contributed by atoms with van der Waals surface area (Å²) in [6.07, 6.45) is 7.78. The number of nitrogens with one attached hydrogen (secondary N) is 2. The number of rotatable bonds is 7. The van der Waals surface area contributed by atoms with Gasteiger partial charge >= 0.3 is 6.09 Å². The average Bonchev–Trinajstić information content (AvgIpc) is 3.42. The molecule has 0 radical (unpaired) electrons. The number of imidazole rings is 1. The van der Waals surface area contributed by atoms with Crippen molar-refractivity contribution in [3.63, 3.8) is 0 Å². The van der Waals surface area contributed by atoms with Crippen LogP contribution in [0.4, 0.5) is 9.18 Å². The molecule has 0 saturated carbocycles. The number of carbonyl (C=O) groups excluding carboxylic acids is 1. The summed E-state index contributed by atoms with van der Waals surface area (Å²) < 4.78 is 47.1. The number of aromatic nitrogens is 2. The molecule has 1 aromatic heterocycles. The second-order valence-corrected chi connectivity index (χ2v) is 9.54. The van der Waals surface area contributed by atoms with Crippen LogP contribution in [0, 0.1) is 5.82 Å². The van der Waals surface area contributed by atoms with Gasteiger partial charge in [0.25, 0.3) is 0 Å². The highest BCUT2D eigenvalue weighted by Gasteiger charge is 2.42. The summed E-state index contributed by atoms with van der Waals surface area (Å²) in [6, 6.07) is 4.75. The Labute approximate surface area is 185 Å². The number of hydroxylamine groups is 1. The van der Waals surface area contributed by atoms with Crippen LogP contribution in [0.15, 0.2) is 59.8 Å². The maximum atomic E-state index is 13.1. The number of alkyl carbamates (subject to hydrolysis) is 1. The molecule has 3 heterocycles. The molecule has 0 atom stereocenters. The van der Waals surface area contributed by atoms with Crippen molar-refractivity contribution < 1.29 is 27.2 Å². The average molecular weight is 466 g/mol. The summed E-state index contributed by atoms with van der Waals surface area (Å²) in [4.78, 5) is 21.6. The first-order valence-electron chi connectivity index (χ1n) is 10.2. The van der Waals surface area contributed by atoms with E-state index < -0.39 is 27.5 Å². The van der Waals surface area contributed by atoms with Crippen LogP contribution in [0.5, 0.6) is 0 Å². The van der Waals surface area contributed by atoms with E-state index in [0.717, 1.165) is 25.1 Å². The monoisotopic (exact) mass is 465 g/mol. The van der Waals surface area contributed by atoms with Gasteiger partial charge in [-0.15, -0.1) is 0 Å². The van der Waals surface area contributed by atoms with Gasteiger partial charge in [0.15, 0.2) is 0 Å². The van der Waals surface area contributed by atoms with Crippen LogP contribution < -0.4 is 10.8 Å². The van der Waals surface area contributed by atoms with Crippen molar-refractivity contribution in [2.45, 2.75) is 36.3 Å². The first-order chi connectivity index (χ1) is 15.4. The highest BCUT2D eigenvalue weighted by atomic mass is 32.2. The van der Waals surface area contributed by atoms with Gasteiger partial charge < -0.3 is 14.6 Å². The van der Waals surface area contributed by atoms with Crippen LogP contribution in [-0.4, -0.2) is 53.6 Å². The molecule has 0 bridgehead atoms. The second kappa shape index (κ2) is 9.27. The van der Waals surface area contributed by atoms with Crippen LogP contribution in [0.25, 0.3) is 0 Å². The lowest BCUT2D eigenvalue weighted by Crippen LogP contribution is -2.46. The number of carbonyl (C=O) groups is 1. The minimum Gasteiger partial charge on any atom is -0.392 e. The fraction of sp³-hybridized carbons (Fsp3) is 0.400. The molecule has 2 aromatic rings. The van der Waals surface area contributed by atoms with E-state index in [1.54, 1.807) is 18.6 Å². The van der Waals surface area contributed by atoms with Crippen molar-refractivity contribution in [2.75, 3.05) is 19.6 Å². The summed E-state index contributed by atoms with van der Waals surface area (Å²) in [5.41, 5.74) is 1.85. The van der Waals surface area contributed by atoms with E-state index in [9.17, 15) is 17.6 Å². The largest absolute Gasteiger partial charge is 0.413 e. The van der Waals surface area contributed by atoms with Gasteiger partial charge in [0.2, 0.25) is 15.9 Å². The van der Waals surface area contributed by atoms with Gasteiger partial charge in [-0.1, -0.05) is 0 Å². The lowest BCUT2D eigenvalue weighted by molar-refractivity contribution is -0.0729. The molecule has 2 aliphatic heterocycles. The number of hydrogen-bond acceptors (Lipinski definition) is 7. The Hall–Kier alpha value is -2.96. The minimum absolute atomic E-state index is 0.0459. The van der Waals surface area contributed by atoms with E-state index in [2.05, 4.69) is 15.8 Å². The smallest absolute Gasteiger partial charge is 0.392 e. The summed E-state index contributed by atoms with van der Waals surface area (Å²) >= 11 is 0. The fourth-order valence-corrected chi connectivity index (χ4v) is 5.06. The number of ether oxygens (including phenoxy) is 1. The molecule has 0 unspecified atom stereocenters. The van der Waals surface area contributed by atoms with E-state index in [0.29, 0.717) is 19.4 Å². The highest BCUT2D eigenvalue weighted by molar-refractivity contribution is 7.89. The summed E-state index contributed by atoms with van der Waals surface area (Å²) in [7, 11) is -3.72. The Morgan fingerprint density at radius 1 is 1.28 bits per heavy atom. The van der Waals surface area contributed by atoms with Crippen molar-refractivity contribution >= 4 is 16.1 Å². The molecule has 10 nitrogen and oxygen atoms in total. The predicted molar refractivity (Wildman–Crippen MR) is 111 cm³/mol. The molecule has 1 aromatic carbocycles. The predicted octanol–water partition coefficient (Wildman–Crippen LogP) is 1.74. The third-order valence-electron chi connectivity index (χ3n) is 5.39. The molecule has 0 aliphatic carbocycles. The summed E-state index contributed by atoms with van der Waals surface area (Å²) in [5, 5.41) is 2.67. The van der Waals surface area contributed by atoms with Gasteiger partial charge in [-0.3, -0.25) is 4.84 Å². The molecule has 1 fully saturated rings. The van der Waals surface area contributed by atoms with Crippen molar-refractivity contribution in [3.8, 4) is 0 Å². The number of piperidine rings is 1. The van der Waals surface area contributed by atoms with Crippen LogP contribution in [0.1, 0.15) is 19.3 Å². The van der Waals surface area contributed by atoms with Gasteiger partial charge in [-0.2, -0.15) is 4.31 Å². The molecule has 1 saturated heterocycles. The topological polar surface area (TPSA) is 115 Å². The number of hydrogen-bond donors (Lipinski definition) is 2. The number of nitrogens with zero attached hydrogens (tertiary/aromatic N) is 3. The second-order valence-electron chi connectivity index (χ2n) is 7.61. The number of aryl methyl sites for hydroxylation is 1. The zero-order chi connectivity index (χ0) is 22.6. The zero-order valence-electron chi connectivity index (χ0n) is 17.2. The van der Waals surface area contributed by atoms with Gasteiger partial charge in [0.05, 0.1) is 11.2 Å². The summed E-state index contributed by atoms with van der Waals surface area (Å²) in [5.74, 6) is -0.321. The Kier molecular flexibility index (Phi) is 6.44. The Morgan fingerprint density at radius 3 is 2.72 bits per heavy atom. The Morgan fingerprint density at radius 2 is 2.03 bits per heavy atom. The molecule has 1 spiro atoms. The molecule has 12 heteroatoms. The highest BCUT2D eigenvalue weighted by Crippen LogP contribution is 2.34. The van der Waals surface area contributed by atoms with Gasteiger partial charge in [-0.25, -0.2) is 28.1 Å². The normalized spacial score (nSPS) is 18.2. The van der Waals surface area contributed by atoms with E-state index in [1.165, 1.54) is 16.4 Å². The van der Waals surface area contributed by atoms with Crippen molar-refractivity contribution in [3.05, 3.63) is 60.8 Å². The molecule has 2 N–H and O–H groups in total. The first-order valence-corrected chi connectivity index (χ1v) is 11.6. The van der Waals surface area contributed by atoms with E-state index in [1.807, 2.05) is 10.8 Å². The third kappa shape index (κ3) is 5.09. The van der Waals surface area contributed by atoms with E-state index >= 15 is 0 Å². The fourth-order valence-electron chi connectivity index (χ4n) is 3.61. The Balaban J connectivity index is 1.25. The molecular formula is C20H24FN5O5S. The Bertz CT molecular complexity index is 1060.